The van der Waals surface area contributed by atoms with Gasteiger partial charge in [0.05, 0.1) is 19.9 Å². The summed E-state index contributed by atoms with van der Waals surface area (Å²) in [4.78, 5) is 14.3. The van der Waals surface area contributed by atoms with Crippen molar-refractivity contribution < 1.29 is 23.0 Å². The van der Waals surface area contributed by atoms with Gasteiger partial charge in [0.25, 0.3) is 0 Å². The fourth-order valence-electron chi connectivity index (χ4n) is 3.19. The molecule has 1 amide bonds. The van der Waals surface area contributed by atoms with Gasteiger partial charge in [0.1, 0.15) is 11.6 Å². The largest absolute Gasteiger partial charge is 0.493 e. The molecule has 0 fully saturated rings. The second-order valence-electron chi connectivity index (χ2n) is 6.34. The molecule has 0 radical (unpaired) electrons. The zero-order valence-electron chi connectivity index (χ0n) is 15.4. The number of fused-ring (bicyclic) bond motifs is 1. The van der Waals surface area contributed by atoms with Crippen molar-refractivity contribution in [2.45, 2.75) is 19.4 Å². The number of benzene rings is 2. The maximum atomic E-state index is 13.6. The summed E-state index contributed by atoms with van der Waals surface area (Å²) < 4.78 is 37.2. The second kappa shape index (κ2) is 8.24. The number of hydrogen-bond donors (Lipinski definition) is 1. The summed E-state index contributed by atoms with van der Waals surface area (Å²) in [5, 5.41) is 2.84. The molecular formula is C20H22F2N2O3. The van der Waals surface area contributed by atoms with Gasteiger partial charge in [0, 0.05) is 32.1 Å². The Morgan fingerprint density at radius 1 is 1.11 bits per heavy atom. The topological polar surface area (TPSA) is 50.8 Å². The first-order valence-electron chi connectivity index (χ1n) is 8.72. The molecule has 0 spiro atoms. The summed E-state index contributed by atoms with van der Waals surface area (Å²) in [6.07, 6.45) is 0.959. The van der Waals surface area contributed by atoms with Crippen molar-refractivity contribution in [2.75, 3.05) is 32.6 Å². The molecule has 144 valence electrons. The smallest absolute Gasteiger partial charge is 0.224 e. The number of anilines is 1. The Hall–Kier alpha value is -2.83. The van der Waals surface area contributed by atoms with Gasteiger partial charge in [-0.05, 0) is 41.8 Å². The summed E-state index contributed by atoms with van der Waals surface area (Å²) >= 11 is 0. The van der Waals surface area contributed by atoms with Crippen LogP contribution in [0.25, 0.3) is 0 Å². The number of rotatable bonds is 6. The van der Waals surface area contributed by atoms with E-state index in [-0.39, 0.29) is 24.6 Å². The first-order valence-corrected chi connectivity index (χ1v) is 8.72. The number of amides is 1. The third-order valence-corrected chi connectivity index (χ3v) is 4.66. The first kappa shape index (κ1) is 18.9. The van der Waals surface area contributed by atoms with Crippen molar-refractivity contribution in [2.24, 2.45) is 0 Å². The zero-order chi connectivity index (χ0) is 19.4. The molecule has 5 nitrogen and oxygen atoms in total. The predicted octanol–water partition coefficient (Wildman–Crippen LogP) is 3.37. The minimum absolute atomic E-state index is 0.0227. The molecule has 0 aliphatic carbocycles. The number of nitrogens with zero attached hydrogens (tertiary/aromatic N) is 1. The highest BCUT2D eigenvalue weighted by Gasteiger charge is 2.22. The Morgan fingerprint density at radius 2 is 1.81 bits per heavy atom. The van der Waals surface area contributed by atoms with Gasteiger partial charge < -0.3 is 19.7 Å². The van der Waals surface area contributed by atoms with Crippen LogP contribution in [0.2, 0.25) is 0 Å². The lowest BCUT2D eigenvalue weighted by Crippen LogP contribution is -2.36. The van der Waals surface area contributed by atoms with Gasteiger partial charge in [-0.25, -0.2) is 8.78 Å². The van der Waals surface area contributed by atoms with Crippen LogP contribution < -0.4 is 14.8 Å². The van der Waals surface area contributed by atoms with Crippen molar-refractivity contribution >= 4 is 11.6 Å². The fraction of sp³-hybridized carbons (Fsp3) is 0.350. The molecule has 0 saturated heterocycles. The highest BCUT2D eigenvalue weighted by atomic mass is 19.1. The summed E-state index contributed by atoms with van der Waals surface area (Å²) in [7, 11) is 3.18. The molecule has 1 heterocycles. The molecule has 2 aromatic rings. The van der Waals surface area contributed by atoms with E-state index in [9.17, 15) is 13.6 Å². The van der Waals surface area contributed by atoms with E-state index in [1.54, 1.807) is 19.1 Å². The first-order chi connectivity index (χ1) is 13.0. The van der Waals surface area contributed by atoms with Crippen molar-refractivity contribution in [3.63, 3.8) is 0 Å². The van der Waals surface area contributed by atoms with E-state index in [4.69, 9.17) is 9.47 Å². The summed E-state index contributed by atoms with van der Waals surface area (Å²) in [6.45, 7) is 1.39. The quantitative estimate of drug-likeness (QED) is 0.840. The number of halogens is 2. The fourth-order valence-corrected chi connectivity index (χ4v) is 3.19. The van der Waals surface area contributed by atoms with E-state index >= 15 is 0 Å². The van der Waals surface area contributed by atoms with Crippen molar-refractivity contribution in [3.8, 4) is 11.5 Å². The molecule has 0 atom stereocenters. The zero-order valence-corrected chi connectivity index (χ0v) is 15.4. The van der Waals surface area contributed by atoms with Crippen LogP contribution in [0.4, 0.5) is 14.5 Å². The molecule has 0 unspecified atom stereocenters. The van der Waals surface area contributed by atoms with E-state index in [1.807, 2.05) is 12.1 Å². The van der Waals surface area contributed by atoms with Gasteiger partial charge in [-0.3, -0.25) is 4.79 Å². The average Bonchev–Trinajstić information content (AvgIpc) is 2.67. The molecule has 0 bridgehead atoms. The molecule has 0 aromatic heterocycles. The SMILES string of the molecule is COc1cc2c(cc1OC)CN(C(=O)CCNc1ccc(F)cc1F)CC2. The molecule has 1 N–H and O–H groups in total. The van der Waals surface area contributed by atoms with E-state index in [2.05, 4.69) is 5.32 Å². The van der Waals surface area contributed by atoms with Crippen LogP contribution in [0.15, 0.2) is 30.3 Å². The number of methoxy groups -OCH3 is 2. The number of hydrogen-bond acceptors (Lipinski definition) is 4. The molecule has 0 saturated carbocycles. The number of carbonyl (C=O) groups excluding carboxylic acids is 1. The second-order valence-corrected chi connectivity index (χ2v) is 6.34. The van der Waals surface area contributed by atoms with Crippen LogP contribution in [0.3, 0.4) is 0 Å². The van der Waals surface area contributed by atoms with Gasteiger partial charge in [0.15, 0.2) is 11.5 Å². The molecule has 2 aromatic carbocycles. The third-order valence-electron chi connectivity index (χ3n) is 4.66. The summed E-state index contributed by atoms with van der Waals surface area (Å²) in [5.41, 5.74) is 2.36. The van der Waals surface area contributed by atoms with Gasteiger partial charge in [0.2, 0.25) is 5.91 Å². The monoisotopic (exact) mass is 376 g/mol. The Morgan fingerprint density at radius 3 is 2.48 bits per heavy atom. The van der Waals surface area contributed by atoms with Crippen LogP contribution in [0.1, 0.15) is 17.5 Å². The standard InChI is InChI=1S/C20H22F2N2O3/c1-26-18-9-13-6-8-24(12-14(13)10-19(18)27-2)20(25)5-7-23-17-4-3-15(21)11-16(17)22/h3-4,9-11,23H,5-8,12H2,1-2H3. The molecule has 1 aliphatic heterocycles. The number of carbonyl (C=O) groups is 1. The maximum absolute atomic E-state index is 13.6. The molecule has 27 heavy (non-hydrogen) atoms. The lowest BCUT2D eigenvalue weighted by Gasteiger charge is -2.29. The summed E-state index contributed by atoms with van der Waals surface area (Å²) in [6, 6.07) is 7.17. The predicted molar refractivity (Wildman–Crippen MR) is 98.1 cm³/mol. The van der Waals surface area contributed by atoms with Crippen LogP contribution in [-0.4, -0.2) is 38.1 Å². The van der Waals surface area contributed by atoms with Crippen molar-refractivity contribution in [1.29, 1.82) is 0 Å². The van der Waals surface area contributed by atoms with E-state index in [0.717, 1.165) is 23.6 Å². The lowest BCUT2D eigenvalue weighted by atomic mass is 9.98. The van der Waals surface area contributed by atoms with Crippen LogP contribution in [-0.2, 0) is 17.8 Å². The van der Waals surface area contributed by atoms with E-state index in [1.165, 1.54) is 12.1 Å². The number of nitrogens with one attached hydrogen (secondary N) is 1. The number of ether oxygens (including phenoxy) is 2. The minimum atomic E-state index is -0.671. The average molecular weight is 376 g/mol. The Labute approximate surface area is 156 Å². The van der Waals surface area contributed by atoms with Gasteiger partial charge >= 0.3 is 0 Å². The minimum Gasteiger partial charge on any atom is -0.493 e. The molecule has 3 rings (SSSR count). The third kappa shape index (κ3) is 4.30. The van der Waals surface area contributed by atoms with E-state index < -0.39 is 11.6 Å². The molecule has 1 aliphatic rings. The van der Waals surface area contributed by atoms with Gasteiger partial charge in [-0.15, -0.1) is 0 Å². The Kier molecular flexibility index (Phi) is 5.78. The Balaban J connectivity index is 1.59. The van der Waals surface area contributed by atoms with Crippen molar-refractivity contribution in [1.82, 2.24) is 4.90 Å². The van der Waals surface area contributed by atoms with Gasteiger partial charge in [-0.2, -0.15) is 0 Å². The van der Waals surface area contributed by atoms with Crippen LogP contribution in [0, 0.1) is 11.6 Å². The van der Waals surface area contributed by atoms with Gasteiger partial charge in [-0.1, -0.05) is 0 Å². The molecule has 7 heteroatoms. The van der Waals surface area contributed by atoms with Crippen LogP contribution in [0.5, 0.6) is 11.5 Å². The van der Waals surface area contributed by atoms with Crippen molar-refractivity contribution in [3.05, 3.63) is 53.1 Å². The molecular weight excluding hydrogens is 354 g/mol. The lowest BCUT2D eigenvalue weighted by molar-refractivity contribution is -0.131. The summed E-state index contributed by atoms with van der Waals surface area (Å²) in [5.74, 6) is -0.00503. The maximum Gasteiger partial charge on any atom is 0.224 e. The highest BCUT2D eigenvalue weighted by molar-refractivity contribution is 5.77. The van der Waals surface area contributed by atoms with E-state index in [0.29, 0.717) is 24.6 Å². The Bertz CT molecular complexity index is 842. The normalized spacial score (nSPS) is 13.1. The highest BCUT2D eigenvalue weighted by Crippen LogP contribution is 2.33. The van der Waals surface area contributed by atoms with Crippen LogP contribution >= 0.6 is 0 Å².